The summed E-state index contributed by atoms with van der Waals surface area (Å²) in [5.74, 6) is -3.04. The van der Waals surface area contributed by atoms with Crippen molar-refractivity contribution in [2.75, 3.05) is 16.9 Å². The number of nitro groups is 1. The number of non-ortho nitro benzene ring substituents is 1. The fourth-order valence-corrected chi connectivity index (χ4v) is 5.79. The van der Waals surface area contributed by atoms with Gasteiger partial charge in [-0.2, -0.15) is 0 Å². The Morgan fingerprint density at radius 2 is 1.62 bits per heavy atom. The van der Waals surface area contributed by atoms with E-state index in [1.165, 1.54) is 19.2 Å². The average Bonchev–Trinajstić information content (AvgIpc) is 3.40. The van der Waals surface area contributed by atoms with Crippen LogP contribution in [0.1, 0.15) is 15.9 Å². The Morgan fingerprint density at radius 3 is 2.35 bits per heavy atom. The standard InChI is InChI=1S/C28H21N3O6/c1-37-22-14-12-18(31(35)36)15-21(22)30-27(33)23-20-13-11-16-7-5-6-10-19(16)29(20)25(24(23)28(30)34)26(32)17-8-3-2-4-9-17/h2-15,20,23-25H,1H3. The number of fused-ring (bicyclic) bond motifs is 5. The molecule has 2 fully saturated rings. The summed E-state index contributed by atoms with van der Waals surface area (Å²) in [6, 6.07) is 18.5. The highest BCUT2D eigenvalue weighted by molar-refractivity contribution is 6.26. The molecule has 0 N–H and O–H groups in total. The van der Waals surface area contributed by atoms with E-state index in [4.69, 9.17) is 4.74 Å². The van der Waals surface area contributed by atoms with Gasteiger partial charge in [0.2, 0.25) is 11.8 Å². The zero-order valence-electron chi connectivity index (χ0n) is 19.7. The van der Waals surface area contributed by atoms with Crippen LogP contribution in [0.3, 0.4) is 0 Å². The Labute approximate surface area is 211 Å². The van der Waals surface area contributed by atoms with Crippen molar-refractivity contribution < 1.29 is 24.0 Å². The third-order valence-electron chi connectivity index (χ3n) is 7.36. The minimum absolute atomic E-state index is 0.00116. The maximum atomic E-state index is 14.0. The van der Waals surface area contributed by atoms with Gasteiger partial charge in [-0.3, -0.25) is 24.5 Å². The highest BCUT2D eigenvalue weighted by Gasteiger charge is 2.64. The van der Waals surface area contributed by atoms with Gasteiger partial charge < -0.3 is 9.64 Å². The van der Waals surface area contributed by atoms with Crippen molar-refractivity contribution in [2.45, 2.75) is 12.1 Å². The molecule has 9 heteroatoms. The molecule has 3 aliphatic rings. The van der Waals surface area contributed by atoms with E-state index in [9.17, 15) is 24.5 Å². The lowest BCUT2D eigenvalue weighted by atomic mass is 9.86. The molecule has 0 saturated carbocycles. The van der Waals surface area contributed by atoms with Crippen LogP contribution in [0.4, 0.5) is 17.1 Å². The molecule has 184 valence electrons. The second-order valence-corrected chi connectivity index (χ2v) is 9.17. The summed E-state index contributed by atoms with van der Waals surface area (Å²) in [6.45, 7) is 0. The lowest BCUT2D eigenvalue weighted by Gasteiger charge is -2.36. The third kappa shape index (κ3) is 3.27. The van der Waals surface area contributed by atoms with E-state index in [-0.39, 0.29) is 22.9 Å². The number of rotatable bonds is 5. The number of ketones is 1. The zero-order chi connectivity index (χ0) is 25.8. The van der Waals surface area contributed by atoms with E-state index < -0.39 is 40.7 Å². The molecule has 9 nitrogen and oxygen atoms in total. The van der Waals surface area contributed by atoms with Crippen molar-refractivity contribution in [1.29, 1.82) is 0 Å². The summed E-state index contributed by atoms with van der Waals surface area (Å²) >= 11 is 0. The summed E-state index contributed by atoms with van der Waals surface area (Å²) in [5, 5.41) is 11.4. The number of ether oxygens (including phenoxy) is 1. The average molecular weight is 495 g/mol. The summed E-state index contributed by atoms with van der Waals surface area (Å²) in [4.78, 5) is 55.6. The second-order valence-electron chi connectivity index (χ2n) is 9.17. The van der Waals surface area contributed by atoms with Gasteiger partial charge in [0.25, 0.3) is 5.69 Å². The molecule has 3 aromatic carbocycles. The molecule has 4 atom stereocenters. The largest absolute Gasteiger partial charge is 0.495 e. The van der Waals surface area contributed by atoms with E-state index in [0.29, 0.717) is 5.56 Å². The van der Waals surface area contributed by atoms with Crippen molar-refractivity contribution in [2.24, 2.45) is 11.8 Å². The monoisotopic (exact) mass is 495 g/mol. The topological polar surface area (TPSA) is 110 Å². The molecule has 0 spiro atoms. The normalized spacial score (nSPS) is 23.5. The summed E-state index contributed by atoms with van der Waals surface area (Å²) < 4.78 is 5.35. The number of nitro benzene ring substituents is 1. The number of methoxy groups -OCH3 is 1. The van der Waals surface area contributed by atoms with Gasteiger partial charge in [-0.05, 0) is 17.7 Å². The van der Waals surface area contributed by atoms with Gasteiger partial charge >= 0.3 is 0 Å². The van der Waals surface area contributed by atoms with E-state index in [1.807, 2.05) is 41.3 Å². The van der Waals surface area contributed by atoms with Crippen molar-refractivity contribution in [3.05, 3.63) is 100 Å². The maximum Gasteiger partial charge on any atom is 0.271 e. The van der Waals surface area contributed by atoms with Gasteiger partial charge in [0, 0.05) is 23.4 Å². The number of Topliss-reactive ketones (excluding diaryl/α,β-unsaturated/α-hetero) is 1. The van der Waals surface area contributed by atoms with Crippen LogP contribution in [-0.4, -0.2) is 41.7 Å². The van der Waals surface area contributed by atoms with Crippen molar-refractivity contribution in [1.82, 2.24) is 0 Å². The van der Waals surface area contributed by atoms with Crippen LogP contribution in [0.5, 0.6) is 5.75 Å². The van der Waals surface area contributed by atoms with E-state index >= 15 is 0 Å². The Bertz CT molecular complexity index is 1500. The number of imide groups is 1. The van der Waals surface area contributed by atoms with Crippen molar-refractivity contribution in [3.63, 3.8) is 0 Å². The fourth-order valence-electron chi connectivity index (χ4n) is 5.79. The first-order valence-electron chi connectivity index (χ1n) is 11.8. The molecule has 0 aromatic heterocycles. The first-order valence-corrected chi connectivity index (χ1v) is 11.8. The molecule has 3 aromatic rings. The van der Waals surface area contributed by atoms with Crippen LogP contribution < -0.4 is 14.5 Å². The van der Waals surface area contributed by atoms with Crippen LogP contribution in [-0.2, 0) is 9.59 Å². The minimum Gasteiger partial charge on any atom is -0.495 e. The number of hydrogen-bond acceptors (Lipinski definition) is 7. The van der Waals surface area contributed by atoms with Crippen LogP contribution in [0.25, 0.3) is 6.08 Å². The number of nitrogens with zero attached hydrogens (tertiary/aromatic N) is 3. The molecular formula is C28H21N3O6. The molecule has 4 unspecified atom stereocenters. The van der Waals surface area contributed by atoms with Gasteiger partial charge in [-0.15, -0.1) is 0 Å². The van der Waals surface area contributed by atoms with Crippen LogP contribution in [0, 0.1) is 22.0 Å². The smallest absolute Gasteiger partial charge is 0.271 e. The van der Waals surface area contributed by atoms with E-state index in [2.05, 4.69) is 0 Å². The Morgan fingerprint density at radius 1 is 0.919 bits per heavy atom. The van der Waals surface area contributed by atoms with Crippen molar-refractivity contribution >= 4 is 40.7 Å². The lowest BCUT2D eigenvalue weighted by Crippen LogP contribution is -2.48. The molecule has 37 heavy (non-hydrogen) atoms. The quantitative estimate of drug-likeness (QED) is 0.229. The number of amides is 2. The molecule has 3 heterocycles. The van der Waals surface area contributed by atoms with Crippen LogP contribution in [0.2, 0.25) is 0 Å². The number of carbonyl (C=O) groups is 3. The second kappa shape index (κ2) is 8.41. The van der Waals surface area contributed by atoms with Crippen molar-refractivity contribution in [3.8, 4) is 5.75 Å². The molecule has 2 saturated heterocycles. The van der Waals surface area contributed by atoms with Gasteiger partial charge in [0.1, 0.15) is 17.5 Å². The minimum atomic E-state index is -0.981. The van der Waals surface area contributed by atoms with Gasteiger partial charge in [0.05, 0.1) is 29.9 Å². The number of hydrogen-bond donors (Lipinski definition) is 0. The molecule has 2 amide bonds. The lowest BCUT2D eigenvalue weighted by molar-refractivity contribution is -0.384. The predicted molar refractivity (Wildman–Crippen MR) is 135 cm³/mol. The van der Waals surface area contributed by atoms with Crippen LogP contribution >= 0.6 is 0 Å². The first-order chi connectivity index (χ1) is 17.9. The third-order valence-corrected chi connectivity index (χ3v) is 7.36. The van der Waals surface area contributed by atoms with Gasteiger partial charge in [-0.1, -0.05) is 60.7 Å². The summed E-state index contributed by atoms with van der Waals surface area (Å²) in [6.07, 6.45) is 3.76. The molecule has 0 aliphatic carbocycles. The summed E-state index contributed by atoms with van der Waals surface area (Å²) in [5.41, 5.74) is 1.82. The van der Waals surface area contributed by atoms with E-state index in [0.717, 1.165) is 22.2 Å². The number of para-hydroxylation sites is 1. The molecule has 6 rings (SSSR count). The maximum absolute atomic E-state index is 14.0. The van der Waals surface area contributed by atoms with Gasteiger partial charge in [-0.25, -0.2) is 4.90 Å². The SMILES string of the molecule is COc1ccc([N+](=O)[O-])cc1N1C(=O)C2C(C1=O)C(C(=O)c1ccccc1)N1c3ccccc3C=CC21. The van der Waals surface area contributed by atoms with Crippen LogP contribution in [0.15, 0.2) is 78.9 Å². The highest BCUT2D eigenvalue weighted by atomic mass is 16.6. The molecule has 0 bridgehead atoms. The number of anilines is 2. The fraction of sp³-hybridized carbons (Fsp3) is 0.179. The highest BCUT2D eigenvalue weighted by Crippen LogP contribution is 2.51. The van der Waals surface area contributed by atoms with E-state index in [1.54, 1.807) is 30.3 Å². The van der Waals surface area contributed by atoms with Gasteiger partial charge in [0.15, 0.2) is 5.78 Å². The predicted octanol–water partition coefficient (Wildman–Crippen LogP) is 3.88. The number of benzene rings is 3. The Hall–Kier alpha value is -4.79. The summed E-state index contributed by atoms with van der Waals surface area (Å²) in [7, 11) is 1.36. The molecule has 0 radical (unpaired) electrons. The molecule has 3 aliphatic heterocycles. The number of carbonyl (C=O) groups excluding carboxylic acids is 3. The Balaban J connectivity index is 1.51. The molecular weight excluding hydrogens is 474 g/mol. The zero-order valence-corrected chi connectivity index (χ0v) is 19.7. The first kappa shape index (κ1) is 22.7. The Kier molecular flexibility index (Phi) is 5.15.